The Balaban J connectivity index is 1.77. The van der Waals surface area contributed by atoms with E-state index >= 15 is 0 Å². The lowest BCUT2D eigenvalue weighted by atomic mass is 9.98. The molecule has 0 bridgehead atoms. The number of nitrogens with one attached hydrogen (secondary N) is 1. The number of hydrogen-bond acceptors (Lipinski definition) is 3. The third-order valence-corrected chi connectivity index (χ3v) is 5.51. The summed E-state index contributed by atoms with van der Waals surface area (Å²) in [6.45, 7) is 3.07. The third-order valence-electron chi connectivity index (χ3n) is 4.16. The third kappa shape index (κ3) is 2.81. The zero-order valence-corrected chi connectivity index (χ0v) is 13.2. The normalized spacial score (nSPS) is 16.1. The Labute approximate surface area is 125 Å². The van der Waals surface area contributed by atoms with Crippen LogP contribution in [0.3, 0.4) is 0 Å². The van der Waals surface area contributed by atoms with Crippen LogP contribution < -0.4 is 5.32 Å². The maximum atomic E-state index is 4.37. The molecule has 1 unspecified atom stereocenters. The summed E-state index contributed by atoms with van der Waals surface area (Å²) in [6, 6.07) is 2.85. The van der Waals surface area contributed by atoms with Crippen LogP contribution in [-0.4, -0.2) is 16.8 Å². The first-order chi connectivity index (χ1) is 9.80. The Kier molecular flexibility index (Phi) is 4.22. The van der Waals surface area contributed by atoms with Gasteiger partial charge in [-0.3, -0.25) is 4.68 Å². The first kappa shape index (κ1) is 13.8. The summed E-state index contributed by atoms with van der Waals surface area (Å²) in [5.41, 5.74) is 2.92. The number of aryl methyl sites for hydroxylation is 3. The quantitative estimate of drug-likeness (QED) is 0.915. The molecule has 0 aliphatic heterocycles. The highest BCUT2D eigenvalue weighted by Crippen LogP contribution is 2.33. The van der Waals surface area contributed by atoms with Crippen LogP contribution in [0.25, 0.3) is 0 Å². The second-order valence-corrected chi connectivity index (χ2v) is 6.72. The van der Waals surface area contributed by atoms with Gasteiger partial charge in [-0.1, -0.05) is 0 Å². The molecule has 2 heterocycles. The number of rotatable bonds is 5. The van der Waals surface area contributed by atoms with Gasteiger partial charge < -0.3 is 5.32 Å². The molecule has 1 atom stereocenters. The number of likely N-dealkylation sites (N-methyl/N-ethyl adjacent to an activating group) is 1. The Morgan fingerprint density at radius 2 is 2.25 bits per heavy atom. The van der Waals surface area contributed by atoms with Gasteiger partial charge in [-0.15, -0.1) is 11.3 Å². The van der Waals surface area contributed by atoms with Gasteiger partial charge in [0.2, 0.25) is 0 Å². The van der Waals surface area contributed by atoms with Crippen molar-refractivity contribution >= 4 is 11.3 Å². The zero-order chi connectivity index (χ0) is 13.9. The molecule has 1 aliphatic carbocycles. The van der Waals surface area contributed by atoms with E-state index in [9.17, 15) is 0 Å². The average Bonchev–Trinajstić information content (AvgIpc) is 3.10. The van der Waals surface area contributed by atoms with Crippen LogP contribution in [0.5, 0.6) is 0 Å². The van der Waals surface area contributed by atoms with Gasteiger partial charge in [0.15, 0.2) is 0 Å². The molecule has 3 nitrogen and oxygen atoms in total. The molecule has 0 fully saturated rings. The van der Waals surface area contributed by atoms with Crippen LogP contribution in [-0.2, 0) is 25.8 Å². The van der Waals surface area contributed by atoms with Gasteiger partial charge in [-0.25, -0.2) is 0 Å². The molecule has 0 spiro atoms. The van der Waals surface area contributed by atoms with Gasteiger partial charge in [-0.2, -0.15) is 5.10 Å². The van der Waals surface area contributed by atoms with Gasteiger partial charge in [-0.05, 0) is 63.3 Å². The summed E-state index contributed by atoms with van der Waals surface area (Å²) >= 11 is 2.01. The Morgan fingerprint density at radius 1 is 1.40 bits per heavy atom. The molecule has 0 saturated carbocycles. The minimum atomic E-state index is 0.417. The van der Waals surface area contributed by atoms with Crippen LogP contribution >= 0.6 is 11.3 Å². The maximum absolute atomic E-state index is 4.37. The highest BCUT2D eigenvalue weighted by atomic mass is 32.1. The van der Waals surface area contributed by atoms with E-state index in [0.717, 1.165) is 13.0 Å². The minimum Gasteiger partial charge on any atom is -0.312 e. The molecular weight excluding hydrogens is 266 g/mol. The molecule has 0 aromatic carbocycles. The first-order valence-electron chi connectivity index (χ1n) is 7.60. The molecule has 0 saturated heterocycles. The summed E-state index contributed by atoms with van der Waals surface area (Å²) in [4.78, 5) is 3.11. The summed E-state index contributed by atoms with van der Waals surface area (Å²) < 4.78 is 2.00. The highest BCUT2D eigenvalue weighted by Gasteiger charge is 2.19. The standard InChI is InChI=1S/C16H23N3S/c1-3-19-11-12(10-18-19)8-14(17-2)16-9-13-6-4-5-7-15(13)20-16/h9-11,14,17H,3-8H2,1-2H3. The van der Waals surface area contributed by atoms with Crippen molar-refractivity contribution in [2.24, 2.45) is 0 Å². The fourth-order valence-electron chi connectivity index (χ4n) is 2.95. The minimum absolute atomic E-state index is 0.417. The maximum Gasteiger partial charge on any atom is 0.0522 e. The molecule has 4 heteroatoms. The SMILES string of the molecule is CCn1cc(CC(NC)c2cc3c(s2)CCCC3)cn1. The second-order valence-electron chi connectivity index (χ2n) is 5.55. The van der Waals surface area contributed by atoms with Crippen molar-refractivity contribution < 1.29 is 0 Å². The number of hydrogen-bond donors (Lipinski definition) is 1. The van der Waals surface area contributed by atoms with E-state index in [1.807, 2.05) is 22.2 Å². The van der Waals surface area contributed by atoms with Crippen molar-refractivity contribution in [2.45, 2.75) is 51.6 Å². The molecule has 2 aromatic rings. The number of thiophene rings is 1. The molecule has 1 aliphatic rings. The molecule has 0 amide bonds. The summed E-state index contributed by atoms with van der Waals surface area (Å²) in [5.74, 6) is 0. The van der Waals surface area contributed by atoms with Gasteiger partial charge in [0.25, 0.3) is 0 Å². The van der Waals surface area contributed by atoms with Crippen molar-refractivity contribution in [3.05, 3.63) is 39.3 Å². The van der Waals surface area contributed by atoms with Crippen LogP contribution in [0, 0.1) is 0 Å². The van der Waals surface area contributed by atoms with Crippen LogP contribution in [0.2, 0.25) is 0 Å². The van der Waals surface area contributed by atoms with Crippen molar-refractivity contribution in [3.8, 4) is 0 Å². The molecule has 0 radical (unpaired) electrons. The number of nitrogens with zero attached hydrogens (tertiary/aromatic N) is 2. The number of aromatic nitrogens is 2. The molecule has 3 rings (SSSR count). The molecule has 2 aromatic heterocycles. The Hall–Kier alpha value is -1.13. The fraction of sp³-hybridized carbons (Fsp3) is 0.562. The molecule has 108 valence electrons. The Morgan fingerprint density at radius 3 is 2.95 bits per heavy atom. The van der Waals surface area contributed by atoms with Crippen LogP contribution in [0.1, 0.15) is 46.7 Å². The lowest BCUT2D eigenvalue weighted by molar-refractivity contribution is 0.600. The second kappa shape index (κ2) is 6.10. The van der Waals surface area contributed by atoms with Gasteiger partial charge in [0.1, 0.15) is 0 Å². The van der Waals surface area contributed by atoms with Crippen LogP contribution in [0.4, 0.5) is 0 Å². The Bertz CT molecular complexity index is 547. The summed E-state index contributed by atoms with van der Waals surface area (Å²) in [7, 11) is 2.06. The zero-order valence-electron chi connectivity index (χ0n) is 12.4. The average molecular weight is 289 g/mol. The first-order valence-corrected chi connectivity index (χ1v) is 8.42. The summed E-state index contributed by atoms with van der Waals surface area (Å²) in [5, 5.41) is 7.85. The predicted molar refractivity (Wildman–Crippen MR) is 84.4 cm³/mol. The number of fused-ring (bicyclic) bond motifs is 1. The smallest absolute Gasteiger partial charge is 0.0522 e. The van der Waals surface area contributed by atoms with E-state index in [1.54, 1.807) is 10.4 Å². The van der Waals surface area contributed by atoms with Gasteiger partial charge in [0.05, 0.1) is 6.20 Å². The summed E-state index contributed by atoms with van der Waals surface area (Å²) in [6.07, 6.45) is 10.5. The molecular formula is C16H23N3S. The van der Waals surface area contributed by atoms with Gasteiger partial charge in [0, 0.05) is 28.5 Å². The monoisotopic (exact) mass is 289 g/mol. The largest absolute Gasteiger partial charge is 0.312 e. The van der Waals surface area contributed by atoms with Crippen molar-refractivity contribution in [3.63, 3.8) is 0 Å². The van der Waals surface area contributed by atoms with Gasteiger partial charge >= 0.3 is 0 Å². The molecule has 20 heavy (non-hydrogen) atoms. The van der Waals surface area contributed by atoms with Crippen LogP contribution in [0.15, 0.2) is 18.5 Å². The lowest BCUT2D eigenvalue weighted by Gasteiger charge is -2.13. The lowest BCUT2D eigenvalue weighted by Crippen LogP contribution is -2.17. The van der Waals surface area contributed by atoms with E-state index < -0.39 is 0 Å². The van der Waals surface area contributed by atoms with E-state index in [-0.39, 0.29) is 0 Å². The van der Waals surface area contributed by atoms with E-state index in [4.69, 9.17) is 0 Å². The predicted octanol–water partition coefficient (Wildman–Crippen LogP) is 3.35. The van der Waals surface area contributed by atoms with Crippen molar-refractivity contribution in [1.82, 2.24) is 15.1 Å². The van der Waals surface area contributed by atoms with Crippen molar-refractivity contribution in [1.29, 1.82) is 0 Å². The van der Waals surface area contributed by atoms with E-state index in [1.165, 1.54) is 36.1 Å². The molecule has 1 N–H and O–H groups in total. The van der Waals surface area contributed by atoms with E-state index in [2.05, 4.69) is 36.7 Å². The fourth-order valence-corrected chi connectivity index (χ4v) is 4.32. The highest BCUT2D eigenvalue weighted by molar-refractivity contribution is 7.12. The van der Waals surface area contributed by atoms with E-state index in [0.29, 0.717) is 6.04 Å². The topological polar surface area (TPSA) is 29.9 Å². The van der Waals surface area contributed by atoms with Crippen molar-refractivity contribution in [2.75, 3.05) is 7.05 Å².